The molecule has 0 aromatic carbocycles. The van der Waals surface area contributed by atoms with E-state index in [-0.39, 0.29) is 18.1 Å². The lowest BCUT2D eigenvalue weighted by Gasteiger charge is -2.36. The Morgan fingerprint density at radius 3 is 3.08 bits per heavy atom. The standard InChI is InChI=1S/C15H22N8O2/c1-9(2)13-6-22-5-10(3-11(22)7-25-13)18-15(24)12-4-16-19-14(12)23-8-17-20-21-23/h4,8-11,13H,3,5-7H2,1-2H3,(H,16,19)(H,18,24)/t10-,11-,13-/m0/s1. The van der Waals surface area contributed by atoms with Crippen LogP contribution in [-0.2, 0) is 4.74 Å². The minimum atomic E-state index is -0.176. The van der Waals surface area contributed by atoms with E-state index < -0.39 is 0 Å². The lowest BCUT2D eigenvalue weighted by molar-refractivity contribution is -0.0683. The van der Waals surface area contributed by atoms with Gasteiger partial charge in [-0.2, -0.15) is 9.78 Å². The molecule has 4 rings (SSSR count). The summed E-state index contributed by atoms with van der Waals surface area (Å²) in [6, 6.07) is 0.479. The number of carbonyl (C=O) groups excluding carboxylic acids is 1. The third-order valence-corrected chi connectivity index (χ3v) is 4.97. The lowest BCUT2D eigenvalue weighted by atomic mass is 10.0. The fourth-order valence-corrected chi connectivity index (χ4v) is 3.55. The summed E-state index contributed by atoms with van der Waals surface area (Å²) in [5.74, 6) is 0.784. The number of nitrogens with zero attached hydrogens (tertiary/aromatic N) is 6. The second kappa shape index (κ2) is 6.52. The number of carbonyl (C=O) groups is 1. The maximum absolute atomic E-state index is 12.7. The average molecular weight is 346 g/mol. The number of H-pyrrole nitrogens is 1. The van der Waals surface area contributed by atoms with Crippen LogP contribution >= 0.6 is 0 Å². The zero-order valence-corrected chi connectivity index (χ0v) is 14.3. The number of tetrazole rings is 1. The molecule has 2 fully saturated rings. The molecular weight excluding hydrogens is 324 g/mol. The summed E-state index contributed by atoms with van der Waals surface area (Å²) in [5.41, 5.74) is 0.425. The first-order chi connectivity index (χ1) is 12.1. The summed E-state index contributed by atoms with van der Waals surface area (Å²) in [6.45, 7) is 6.87. The molecule has 2 saturated heterocycles. The number of hydrogen-bond acceptors (Lipinski definition) is 7. The average Bonchev–Trinajstić information content (AvgIpc) is 3.32. The van der Waals surface area contributed by atoms with E-state index in [1.54, 1.807) is 0 Å². The van der Waals surface area contributed by atoms with Gasteiger partial charge >= 0.3 is 0 Å². The maximum Gasteiger partial charge on any atom is 0.257 e. The van der Waals surface area contributed by atoms with Crippen molar-refractivity contribution in [2.75, 3.05) is 19.7 Å². The van der Waals surface area contributed by atoms with E-state index in [0.717, 1.165) is 26.1 Å². The Kier molecular flexibility index (Phi) is 4.22. The molecule has 1 amide bonds. The van der Waals surface area contributed by atoms with Gasteiger partial charge in [0.2, 0.25) is 0 Å². The third kappa shape index (κ3) is 3.14. The van der Waals surface area contributed by atoms with Crippen LogP contribution in [0.4, 0.5) is 0 Å². The summed E-state index contributed by atoms with van der Waals surface area (Å²) in [5, 5.41) is 20.8. The molecule has 10 heteroatoms. The molecule has 0 saturated carbocycles. The van der Waals surface area contributed by atoms with Gasteiger partial charge in [-0.25, -0.2) is 0 Å². The number of rotatable bonds is 4. The summed E-state index contributed by atoms with van der Waals surface area (Å²) in [4.78, 5) is 15.1. The smallest absolute Gasteiger partial charge is 0.257 e. The Labute approximate surface area is 144 Å². The highest BCUT2D eigenvalue weighted by Crippen LogP contribution is 2.26. The molecule has 3 atom stereocenters. The van der Waals surface area contributed by atoms with Gasteiger partial charge in [0, 0.05) is 25.2 Å². The molecule has 0 aliphatic carbocycles. The highest BCUT2D eigenvalue weighted by molar-refractivity contribution is 5.97. The van der Waals surface area contributed by atoms with Gasteiger partial charge in [-0.3, -0.25) is 14.8 Å². The molecule has 25 heavy (non-hydrogen) atoms. The van der Waals surface area contributed by atoms with E-state index in [9.17, 15) is 4.79 Å². The molecule has 10 nitrogen and oxygen atoms in total. The van der Waals surface area contributed by atoms with Crippen LogP contribution in [0.15, 0.2) is 12.5 Å². The van der Waals surface area contributed by atoms with Crippen molar-refractivity contribution >= 4 is 5.91 Å². The van der Waals surface area contributed by atoms with Crippen LogP contribution in [-0.4, -0.2) is 79.1 Å². The van der Waals surface area contributed by atoms with E-state index in [0.29, 0.717) is 23.3 Å². The highest BCUT2D eigenvalue weighted by Gasteiger charge is 2.38. The third-order valence-electron chi connectivity index (χ3n) is 4.97. The van der Waals surface area contributed by atoms with Crippen molar-refractivity contribution in [2.45, 2.75) is 38.5 Å². The van der Waals surface area contributed by atoms with Gasteiger partial charge in [-0.1, -0.05) is 13.8 Å². The van der Waals surface area contributed by atoms with Gasteiger partial charge in [0.15, 0.2) is 5.82 Å². The summed E-state index contributed by atoms with van der Waals surface area (Å²) >= 11 is 0. The van der Waals surface area contributed by atoms with Crippen LogP contribution in [0.3, 0.4) is 0 Å². The molecule has 2 aromatic rings. The SMILES string of the molecule is CC(C)[C@@H]1CN2C[C@@H](NC(=O)c3cn[nH]c3-n3cnnn3)C[C@H]2CO1. The largest absolute Gasteiger partial charge is 0.375 e. The molecule has 0 unspecified atom stereocenters. The lowest BCUT2D eigenvalue weighted by Crippen LogP contribution is -2.48. The monoisotopic (exact) mass is 346 g/mol. The number of fused-ring (bicyclic) bond motifs is 1. The number of aromatic nitrogens is 6. The molecule has 4 heterocycles. The van der Waals surface area contributed by atoms with Crippen molar-refractivity contribution in [1.82, 2.24) is 40.6 Å². The van der Waals surface area contributed by atoms with E-state index in [2.05, 4.69) is 49.8 Å². The quantitative estimate of drug-likeness (QED) is 0.775. The Morgan fingerprint density at radius 1 is 1.44 bits per heavy atom. The van der Waals surface area contributed by atoms with Crippen LogP contribution < -0.4 is 5.32 Å². The van der Waals surface area contributed by atoms with Crippen LogP contribution in [0.5, 0.6) is 0 Å². The van der Waals surface area contributed by atoms with Crippen molar-refractivity contribution < 1.29 is 9.53 Å². The second-order valence-corrected chi connectivity index (χ2v) is 7.02. The van der Waals surface area contributed by atoms with Gasteiger partial charge in [0.1, 0.15) is 11.9 Å². The molecular formula is C15H22N8O2. The molecule has 134 valence electrons. The van der Waals surface area contributed by atoms with E-state index >= 15 is 0 Å². The number of hydrogen-bond donors (Lipinski definition) is 2. The number of aromatic amines is 1. The Hall–Kier alpha value is -2.33. The fourth-order valence-electron chi connectivity index (χ4n) is 3.55. The van der Waals surface area contributed by atoms with Crippen molar-refractivity contribution in [3.63, 3.8) is 0 Å². The van der Waals surface area contributed by atoms with Gasteiger partial charge in [0.05, 0.1) is 18.9 Å². The predicted octanol–water partition coefficient (Wildman–Crippen LogP) is -0.387. The first kappa shape index (κ1) is 16.2. The molecule has 0 spiro atoms. The van der Waals surface area contributed by atoms with Crippen LogP contribution in [0.1, 0.15) is 30.6 Å². The first-order valence-corrected chi connectivity index (χ1v) is 8.55. The Morgan fingerprint density at radius 2 is 2.32 bits per heavy atom. The van der Waals surface area contributed by atoms with E-state index in [1.807, 2.05) is 0 Å². The predicted molar refractivity (Wildman–Crippen MR) is 87.1 cm³/mol. The van der Waals surface area contributed by atoms with Crippen molar-refractivity contribution in [3.05, 3.63) is 18.1 Å². The second-order valence-electron chi connectivity index (χ2n) is 7.02. The maximum atomic E-state index is 12.7. The van der Waals surface area contributed by atoms with E-state index in [1.165, 1.54) is 17.2 Å². The minimum absolute atomic E-state index is 0.101. The normalized spacial score (nSPS) is 26.8. The fraction of sp³-hybridized carbons (Fsp3) is 0.667. The van der Waals surface area contributed by atoms with E-state index in [4.69, 9.17) is 4.74 Å². The number of nitrogens with one attached hydrogen (secondary N) is 2. The van der Waals surface area contributed by atoms with Crippen molar-refractivity contribution in [1.29, 1.82) is 0 Å². The van der Waals surface area contributed by atoms with Gasteiger partial charge in [0.25, 0.3) is 5.91 Å². The van der Waals surface area contributed by atoms with Gasteiger partial charge < -0.3 is 10.1 Å². The Bertz CT molecular complexity index is 728. The molecule has 2 aliphatic heterocycles. The Balaban J connectivity index is 1.41. The zero-order chi connectivity index (χ0) is 17.4. The summed E-state index contributed by atoms with van der Waals surface area (Å²) < 4.78 is 7.34. The number of amides is 1. The zero-order valence-electron chi connectivity index (χ0n) is 14.3. The molecule has 2 aliphatic rings. The van der Waals surface area contributed by atoms with Gasteiger partial charge in [-0.15, -0.1) is 5.10 Å². The van der Waals surface area contributed by atoms with Crippen LogP contribution in [0.25, 0.3) is 5.82 Å². The summed E-state index contributed by atoms with van der Waals surface area (Å²) in [6.07, 6.45) is 4.08. The number of morpholine rings is 1. The highest BCUT2D eigenvalue weighted by atomic mass is 16.5. The topological polar surface area (TPSA) is 114 Å². The minimum Gasteiger partial charge on any atom is -0.375 e. The summed E-state index contributed by atoms with van der Waals surface area (Å²) in [7, 11) is 0. The molecule has 0 bridgehead atoms. The molecule has 2 aromatic heterocycles. The molecule has 0 radical (unpaired) electrons. The van der Waals surface area contributed by atoms with Gasteiger partial charge in [-0.05, 0) is 22.8 Å². The van der Waals surface area contributed by atoms with Crippen LogP contribution in [0, 0.1) is 5.92 Å². The first-order valence-electron chi connectivity index (χ1n) is 8.55. The van der Waals surface area contributed by atoms with Crippen molar-refractivity contribution in [3.8, 4) is 5.82 Å². The molecule has 2 N–H and O–H groups in total. The van der Waals surface area contributed by atoms with Crippen molar-refractivity contribution in [2.24, 2.45) is 5.92 Å². The van der Waals surface area contributed by atoms with Crippen LogP contribution in [0.2, 0.25) is 0 Å². The number of ether oxygens (including phenoxy) is 1.